The van der Waals surface area contributed by atoms with E-state index in [0.717, 1.165) is 46.4 Å². The van der Waals surface area contributed by atoms with Gasteiger partial charge in [0, 0.05) is 35.6 Å². The number of piperidine rings is 1. The van der Waals surface area contributed by atoms with Crippen molar-refractivity contribution in [3.05, 3.63) is 64.0 Å². The van der Waals surface area contributed by atoms with Gasteiger partial charge in [-0.25, -0.2) is 13.5 Å². The first kappa shape index (κ1) is 24.9. The minimum Gasteiger partial charge on any atom is -0.274 e. The second kappa shape index (κ2) is 10.2. The lowest BCUT2D eigenvalue weighted by molar-refractivity contribution is -0.0753. The molecular weight excluding hydrogens is 492 g/mol. The van der Waals surface area contributed by atoms with E-state index in [2.05, 4.69) is 0 Å². The quantitative estimate of drug-likeness (QED) is 0.384. The fourth-order valence-corrected chi connectivity index (χ4v) is 7.11. The van der Waals surface area contributed by atoms with Crippen LogP contribution < -0.4 is 0 Å². The van der Waals surface area contributed by atoms with E-state index in [1.807, 2.05) is 31.2 Å². The maximum atomic E-state index is 13.1. The predicted molar refractivity (Wildman–Crippen MR) is 137 cm³/mol. The minimum absolute atomic E-state index is 0.268. The molecule has 0 unspecified atom stereocenters. The molecular formula is C25H27ClN2O4S2. The van der Waals surface area contributed by atoms with E-state index >= 15 is 0 Å². The number of carbonyl (C=O) groups excluding carboxylic acids is 1. The SMILES string of the molecule is CON(C)C(=O)c1sc(-c2ccc(Cl)cc2)c(C)c1-c1ccc(S(=O)(=O)N2CCCCC2)cc1. The maximum absolute atomic E-state index is 13.1. The van der Waals surface area contributed by atoms with Gasteiger partial charge in [0.15, 0.2) is 0 Å². The van der Waals surface area contributed by atoms with Gasteiger partial charge in [-0.1, -0.05) is 42.3 Å². The highest BCUT2D eigenvalue weighted by Gasteiger charge is 2.28. The summed E-state index contributed by atoms with van der Waals surface area (Å²) in [6, 6.07) is 14.3. The Kier molecular flexibility index (Phi) is 7.45. The topological polar surface area (TPSA) is 66.9 Å². The maximum Gasteiger partial charge on any atom is 0.287 e. The van der Waals surface area contributed by atoms with Crippen molar-refractivity contribution >= 4 is 38.9 Å². The fraction of sp³-hybridized carbons (Fsp3) is 0.320. The summed E-state index contributed by atoms with van der Waals surface area (Å²) in [5.74, 6) is -0.268. The van der Waals surface area contributed by atoms with E-state index in [1.165, 1.54) is 23.5 Å². The third kappa shape index (κ3) is 4.78. The summed E-state index contributed by atoms with van der Waals surface area (Å²) in [5.41, 5.74) is 3.44. The lowest BCUT2D eigenvalue weighted by atomic mass is 9.99. The molecule has 0 saturated carbocycles. The van der Waals surface area contributed by atoms with Crippen LogP contribution in [0.5, 0.6) is 0 Å². The van der Waals surface area contributed by atoms with Crippen LogP contribution in [0.1, 0.15) is 34.5 Å². The number of carbonyl (C=O) groups is 1. The van der Waals surface area contributed by atoms with Gasteiger partial charge in [0.25, 0.3) is 5.91 Å². The van der Waals surface area contributed by atoms with Gasteiger partial charge in [-0.2, -0.15) is 4.31 Å². The molecule has 0 N–H and O–H groups in total. The van der Waals surface area contributed by atoms with E-state index < -0.39 is 10.0 Å². The van der Waals surface area contributed by atoms with Crippen LogP contribution in [0.25, 0.3) is 21.6 Å². The molecule has 4 rings (SSSR count). The molecule has 1 fully saturated rings. The molecule has 2 aromatic carbocycles. The molecule has 1 amide bonds. The number of thiophene rings is 1. The Morgan fingerprint density at radius 3 is 2.18 bits per heavy atom. The van der Waals surface area contributed by atoms with Crippen LogP contribution in [-0.4, -0.2) is 50.9 Å². The molecule has 3 aromatic rings. The standard InChI is InChI=1S/C25H27ClN2O4S2/c1-17-22(18-9-13-21(14-10-18)34(30,31)28-15-5-4-6-16-28)24(25(29)27(2)32-3)33-23(17)19-7-11-20(26)12-8-19/h7-14H,4-6,15-16H2,1-3H3. The Morgan fingerprint density at radius 2 is 1.59 bits per heavy atom. The summed E-state index contributed by atoms with van der Waals surface area (Å²) in [7, 11) is -0.519. The van der Waals surface area contributed by atoms with E-state index in [0.29, 0.717) is 23.0 Å². The van der Waals surface area contributed by atoms with Gasteiger partial charge >= 0.3 is 0 Å². The normalized spacial score (nSPS) is 14.8. The molecule has 180 valence electrons. The zero-order valence-corrected chi connectivity index (χ0v) is 21.8. The van der Waals surface area contributed by atoms with Crippen LogP contribution in [0, 0.1) is 6.92 Å². The van der Waals surface area contributed by atoms with Crippen molar-refractivity contribution in [1.29, 1.82) is 0 Å². The van der Waals surface area contributed by atoms with Crippen LogP contribution in [0.4, 0.5) is 0 Å². The first-order valence-corrected chi connectivity index (χ1v) is 13.7. The van der Waals surface area contributed by atoms with Gasteiger partial charge < -0.3 is 0 Å². The summed E-state index contributed by atoms with van der Waals surface area (Å²) in [4.78, 5) is 20.0. The number of hydroxylamine groups is 2. The minimum atomic E-state index is -3.53. The second-order valence-corrected chi connectivity index (χ2v) is 11.6. The number of amides is 1. The van der Waals surface area contributed by atoms with Crippen LogP contribution in [-0.2, 0) is 14.9 Å². The predicted octanol–water partition coefficient (Wildman–Crippen LogP) is 5.85. The first-order chi connectivity index (χ1) is 16.2. The first-order valence-electron chi connectivity index (χ1n) is 11.1. The lowest BCUT2D eigenvalue weighted by Crippen LogP contribution is -2.35. The third-order valence-electron chi connectivity index (χ3n) is 6.10. The number of nitrogens with zero attached hydrogens (tertiary/aromatic N) is 2. The van der Waals surface area contributed by atoms with Crippen molar-refractivity contribution in [2.45, 2.75) is 31.1 Å². The molecule has 0 spiro atoms. The summed E-state index contributed by atoms with van der Waals surface area (Å²) in [6.45, 7) is 3.08. The summed E-state index contributed by atoms with van der Waals surface area (Å²) >= 11 is 7.45. The van der Waals surface area contributed by atoms with Crippen molar-refractivity contribution in [1.82, 2.24) is 9.37 Å². The highest BCUT2D eigenvalue weighted by molar-refractivity contribution is 7.89. The monoisotopic (exact) mass is 518 g/mol. The van der Waals surface area contributed by atoms with E-state index in [-0.39, 0.29) is 10.8 Å². The molecule has 1 saturated heterocycles. The van der Waals surface area contributed by atoms with Crippen LogP contribution in [0.15, 0.2) is 53.4 Å². The molecule has 0 radical (unpaired) electrons. The van der Waals surface area contributed by atoms with Crippen LogP contribution in [0.2, 0.25) is 5.02 Å². The zero-order chi connectivity index (χ0) is 24.5. The average Bonchev–Trinajstić information content (AvgIpc) is 3.21. The number of benzene rings is 2. The lowest BCUT2D eigenvalue weighted by Gasteiger charge is -2.25. The fourth-order valence-electron chi connectivity index (χ4n) is 4.16. The highest BCUT2D eigenvalue weighted by atomic mass is 35.5. The largest absolute Gasteiger partial charge is 0.287 e. The van der Waals surface area contributed by atoms with Crippen molar-refractivity contribution in [2.75, 3.05) is 27.2 Å². The van der Waals surface area contributed by atoms with Gasteiger partial charge in [0.1, 0.15) is 4.88 Å². The van der Waals surface area contributed by atoms with Crippen LogP contribution in [0.3, 0.4) is 0 Å². The molecule has 0 aliphatic carbocycles. The molecule has 6 nitrogen and oxygen atoms in total. The van der Waals surface area contributed by atoms with E-state index in [9.17, 15) is 13.2 Å². The summed E-state index contributed by atoms with van der Waals surface area (Å²) in [5, 5.41) is 1.83. The van der Waals surface area contributed by atoms with Gasteiger partial charge in [-0.3, -0.25) is 9.63 Å². The number of sulfonamides is 1. The number of rotatable bonds is 6. The van der Waals surface area contributed by atoms with Crippen LogP contribution >= 0.6 is 22.9 Å². The number of halogens is 1. The Morgan fingerprint density at radius 1 is 1.00 bits per heavy atom. The Bertz CT molecular complexity index is 1280. The average molecular weight is 519 g/mol. The van der Waals surface area contributed by atoms with Gasteiger partial charge in [0.2, 0.25) is 10.0 Å². The summed E-state index contributed by atoms with van der Waals surface area (Å²) < 4.78 is 27.7. The molecule has 0 atom stereocenters. The molecule has 0 bridgehead atoms. The molecule has 1 aromatic heterocycles. The molecule has 1 aliphatic rings. The molecule has 9 heteroatoms. The van der Waals surface area contributed by atoms with Gasteiger partial charge in [0.05, 0.1) is 12.0 Å². The number of hydrogen-bond acceptors (Lipinski definition) is 5. The van der Waals surface area contributed by atoms with Gasteiger partial charge in [-0.05, 0) is 60.7 Å². The second-order valence-electron chi connectivity index (χ2n) is 8.24. The molecule has 2 heterocycles. The van der Waals surface area contributed by atoms with E-state index in [4.69, 9.17) is 16.4 Å². The van der Waals surface area contributed by atoms with Crippen molar-refractivity contribution in [3.63, 3.8) is 0 Å². The number of hydrogen-bond donors (Lipinski definition) is 0. The van der Waals surface area contributed by atoms with Crippen molar-refractivity contribution < 1.29 is 18.0 Å². The molecule has 34 heavy (non-hydrogen) atoms. The van der Waals surface area contributed by atoms with Crippen molar-refractivity contribution in [2.24, 2.45) is 0 Å². The Labute approximate surface area is 209 Å². The van der Waals surface area contributed by atoms with Crippen molar-refractivity contribution in [3.8, 4) is 21.6 Å². The Hall–Kier alpha value is -2.23. The molecule has 1 aliphatic heterocycles. The van der Waals surface area contributed by atoms with Gasteiger partial charge in [-0.15, -0.1) is 11.3 Å². The smallest absolute Gasteiger partial charge is 0.274 e. The zero-order valence-electron chi connectivity index (χ0n) is 19.4. The Balaban J connectivity index is 1.78. The summed E-state index contributed by atoms with van der Waals surface area (Å²) in [6.07, 6.45) is 2.83. The third-order valence-corrected chi connectivity index (χ3v) is 9.60. The van der Waals surface area contributed by atoms with E-state index in [1.54, 1.807) is 35.6 Å². The highest BCUT2D eigenvalue weighted by Crippen LogP contribution is 2.43.